The third-order valence-electron chi connectivity index (χ3n) is 11.9. The van der Waals surface area contributed by atoms with Gasteiger partial charge in [-0.05, 0) is 64.2 Å². The van der Waals surface area contributed by atoms with Crippen LogP contribution in [0.2, 0.25) is 0 Å². The van der Waals surface area contributed by atoms with E-state index in [1.165, 1.54) is 25.7 Å². The van der Waals surface area contributed by atoms with E-state index in [-0.39, 0.29) is 57.6 Å². The minimum Gasteiger partial charge on any atom is -0.391 e. The van der Waals surface area contributed by atoms with Crippen LogP contribution in [0.5, 0.6) is 0 Å². The van der Waals surface area contributed by atoms with Gasteiger partial charge in [0.15, 0.2) is 5.96 Å². The predicted molar refractivity (Wildman–Crippen MR) is 256 cm³/mol. The second-order valence-electron chi connectivity index (χ2n) is 17.7. The van der Waals surface area contributed by atoms with Crippen molar-refractivity contribution in [1.29, 1.82) is 0 Å². The van der Waals surface area contributed by atoms with Gasteiger partial charge in [0.05, 0.1) is 12.6 Å². The maximum absolute atomic E-state index is 14.2. The lowest BCUT2D eigenvalue weighted by Crippen LogP contribution is -2.63. The van der Waals surface area contributed by atoms with Crippen LogP contribution < -0.4 is 65.5 Å². The van der Waals surface area contributed by atoms with Crippen LogP contribution in [0.3, 0.4) is 0 Å². The van der Waals surface area contributed by atoms with Crippen LogP contribution in [-0.2, 0) is 52.7 Å². The fraction of sp³-hybridized carbons (Fsp3) is 0.727. The standard InChI is InChI=1S/C44H78N14O12/c1-9-14-27(53-42(69)35(25(7)59)57-41(68)34(23(5)11-3)56-38(65)28(17-18-31(45)61)52-32(62)21-50-26(8)60)37(64)55-33(22(4)10-2)40(67)54-29(15-12-19-49-44(47)48)43(70)58-20-13-16-30(58)39(66)51-24(6)36(46)63/h22-25,27-30,33-35,59H,9-21H2,1-8H3,(H2,45,61)(H2,46,63)(H,50,60)(H,51,66)(H,52,62)(H,53,69)(H,54,67)(H,55,64)(H,56,65)(H,57,68)(H4,47,48,49)/t22-,23-,24+,25+,27-,28-,29-,30-,33+,34+,35-/m0/s1. The van der Waals surface area contributed by atoms with Gasteiger partial charge in [-0.2, -0.15) is 0 Å². The molecule has 0 bridgehead atoms. The predicted octanol–water partition coefficient (Wildman–Crippen LogP) is -4.40. The first kappa shape index (κ1) is 61.4. The number of likely N-dealkylation sites (tertiary alicyclic amines) is 1. The molecule has 1 rings (SSSR count). The third-order valence-corrected chi connectivity index (χ3v) is 11.9. The Kier molecular flexibility index (Phi) is 27.0. The number of aliphatic hydroxyl groups is 1. The molecule has 17 N–H and O–H groups in total. The van der Waals surface area contributed by atoms with Gasteiger partial charge in [-0.1, -0.05) is 53.9 Å². The minimum absolute atomic E-state index is 0.0277. The Balaban J connectivity index is 3.40. The molecule has 0 spiro atoms. The van der Waals surface area contributed by atoms with Crippen LogP contribution in [0.1, 0.15) is 120 Å². The van der Waals surface area contributed by atoms with Crippen molar-refractivity contribution in [2.75, 3.05) is 19.6 Å². The number of hydrogen-bond donors (Lipinski definition) is 13. The van der Waals surface area contributed by atoms with E-state index in [4.69, 9.17) is 22.9 Å². The molecule has 70 heavy (non-hydrogen) atoms. The maximum Gasteiger partial charge on any atom is 0.245 e. The number of aliphatic imine (C=N–C) groups is 1. The zero-order valence-corrected chi connectivity index (χ0v) is 41.7. The van der Waals surface area contributed by atoms with E-state index in [0.717, 1.165) is 0 Å². The minimum atomic E-state index is -1.68. The van der Waals surface area contributed by atoms with Crippen LogP contribution in [0, 0.1) is 11.8 Å². The van der Waals surface area contributed by atoms with Crippen molar-refractivity contribution in [3.8, 4) is 0 Å². The Bertz CT molecular complexity index is 1880. The molecule has 26 nitrogen and oxygen atoms in total. The lowest BCUT2D eigenvalue weighted by atomic mass is 9.96. The lowest BCUT2D eigenvalue weighted by molar-refractivity contribution is -0.142. The van der Waals surface area contributed by atoms with Gasteiger partial charge in [0.25, 0.3) is 0 Å². The number of nitrogens with zero attached hydrogens (tertiary/aromatic N) is 2. The Morgan fingerprint density at radius 2 is 1.17 bits per heavy atom. The van der Waals surface area contributed by atoms with Crippen molar-refractivity contribution in [2.45, 2.75) is 174 Å². The average Bonchev–Trinajstić information content (AvgIpc) is 3.79. The number of nitrogens with two attached hydrogens (primary N) is 4. The highest BCUT2D eigenvalue weighted by Crippen LogP contribution is 2.21. The summed E-state index contributed by atoms with van der Waals surface area (Å²) in [5.41, 5.74) is 21.6. The van der Waals surface area contributed by atoms with Crippen LogP contribution in [-0.4, -0.2) is 155 Å². The van der Waals surface area contributed by atoms with E-state index in [1.54, 1.807) is 34.6 Å². The van der Waals surface area contributed by atoms with Crippen molar-refractivity contribution < 1.29 is 57.8 Å². The fourth-order valence-electron chi connectivity index (χ4n) is 7.29. The molecule has 26 heteroatoms. The molecule has 1 fully saturated rings. The molecule has 0 aromatic heterocycles. The van der Waals surface area contributed by atoms with E-state index in [0.29, 0.717) is 25.7 Å². The van der Waals surface area contributed by atoms with Crippen molar-refractivity contribution in [1.82, 2.24) is 47.4 Å². The molecule has 0 aliphatic carbocycles. The van der Waals surface area contributed by atoms with E-state index in [2.05, 4.69) is 47.5 Å². The second-order valence-corrected chi connectivity index (χ2v) is 17.7. The average molecular weight is 995 g/mol. The third kappa shape index (κ3) is 21.0. The molecule has 1 heterocycles. The molecule has 1 aliphatic heterocycles. The van der Waals surface area contributed by atoms with Gasteiger partial charge in [0.2, 0.25) is 65.0 Å². The number of amides is 11. The van der Waals surface area contributed by atoms with Gasteiger partial charge >= 0.3 is 0 Å². The molecule has 0 aromatic rings. The highest BCUT2D eigenvalue weighted by molar-refractivity contribution is 5.98. The quantitative estimate of drug-likeness (QED) is 0.0177. The largest absolute Gasteiger partial charge is 0.391 e. The van der Waals surface area contributed by atoms with Gasteiger partial charge in [0.1, 0.15) is 48.3 Å². The monoisotopic (exact) mass is 995 g/mol. The number of nitrogens with one attached hydrogen (secondary N) is 8. The summed E-state index contributed by atoms with van der Waals surface area (Å²) in [5, 5.41) is 31.0. The first-order valence-corrected chi connectivity index (χ1v) is 23.8. The van der Waals surface area contributed by atoms with Crippen molar-refractivity contribution in [3.63, 3.8) is 0 Å². The molecular formula is C44H78N14O12. The van der Waals surface area contributed by atoms with E-state index >= 15 is 0 Å². The molecule has 1 saturated heterocycles. The Hall–Kier alpha value is -6.60. The molecule has 0 aromatic carbocycles. The Morgan fingerprint density at radius 1 is 0.657 bits per heavy atom. The van der Waals surface area contributed by atoms with Crippen molar-refractivity contribution in [2.24, 2.45) is 39.8 Å². The Labute approximate surface area is 408 Å². The van der Waals surface area contributed by atoms with Gasteiger partial charge in [-0.25, -0.2) is 0 Å². The molecule has 11 atom stereocenters. The smallest absolute Gasteiger partial charge is 0.245 e. The summed E-state index contributed by atoms with van der Waals surface area (Å²) in [5.74, 6) is -9.62. The summed E-state index contributed by atoms with van der Waals surface area (Å²) in [6, 6.07) is -10.1. The molecule has 1 aliphatic rings. The molecular weight excluding hydrogens is 917 g/mol. The highest BCUT2D eigenvalue weighted by atomic mass is 16.3. The number of rotatable bonds is 31. The Morgan fingerprint density at radius 3 is 1.66 bits per heavy atom. The number of hydrogen-bond acceptors (Lipinski definition) is 13. The fourth-order valence-corrected chi connectivity index (χ4v) is 7.29. The molecule has 0 saturated carbocycles. The molecule has 396 valence electrons. The number of primary amides is 2. The van der Waals surface area contributed by atoms with Crippen LogP contribution in [0.15, 0.2) is 4.99 Å². The summed E-state index contributed by atoms with van der Waals surface area (Å²) in [6.07, 6.45) is -0.0336. The molecule has 0 radical (unpaired) electrons. The van der Waals surface area contributed by atoms with Gasteiger partial charge in [0, 0.05) is 26.4 Å². The van der Waals surface area contributed by atoms with Gasteiger partial charge in [-0.15, -0.1) is 0 Å². The van der Waals surface area contributed by atoms with Gasteiger partial charge < -0.3 is 75.5 Å². The highest BCUT2D eigenvalue weighted by Gasteiger charge is 2.40. The molecule has 11 amide bonds. The summed E-state index contributed by atoms with van der Waals surface area (Å²) >= 11 is 0. The number of guanidine groups is 1. The van der Waals surface area contributed by atoms with E-state index in [9.17, 15) is 57.8 Å². The normalized spacial score (nSPS) is 17.4. The van der Waals surface area contributed by atoms with Gasteiger partial charge in [-0.3, -0.25) is 57.7 Å². The molecule has 0 unspecified atom stereocenters. The number of carbonyl (C=O) groups excluding carboxylic acids is 11. The van der Waals surface area contributed by atoms with Crippen LogP contribution >= 0.6 is 0 Å². The van der Waals surface area contributed by atoms with E-state index in [1.807, 2.05) is 0 Å². The summed E-state index contributed by atoms with van der Waals surface area (Å²) in [4.78, 5) is 149. The SMILES string of the molecule is CCC[C@H](NC(=O)[C@@H](NC(=O)[C@H](NC(=O)[C@H](CCC(N)=O)NC(=O)CNC(C)=O)[C@@H](C)CC)[C@@H](C)O)C(=O)N[C@@H](C(=O)N[C@@H](CCCN=C(N)N)C(=O)N1CCC[C@H]1C(=O)N[C@H](C)C(N)=O)[C@@H](C)CC. The van der Waals surface area contributed by atoms with Crippen molar-refractivity contribution in [3.05, 3.63) is 0 Å². The lowest BCUT2D eigenvalue weighted by Gasteiger charge is -2.32. The first-order chi connectivity index (χ1) is 32.8. The summed E-state index contributed by atoms with van der Waals surface area (Å²) in [7, 11) is 0. The summed E-state index contributed by atoms with van der Waals surface area (Å²) < 4.78 is 0. The van der Waals surface area contributed by atoms with E-state index < -0.39 is 138 Å². The van der Waals surface area contributed by atoms with Crippen molar-refractivity contribution >= 4 is 70.9 Å². The van der Waals surface area contributed by atoms with Crippen LogP contribution in [0.4, 0.5) is 0 Å². The first-order valence-electron chi connectivity index (χ1n) is 23.8. The zero-order chi connectivity index (χ0) is 53.4. The zero-order valence-electron chi connectivity index (χ0n) is 41.7. The summed E-state index contributed by atoms with van der Waals surface area (Å²) in [6.45, 7) is 12.2. The topological polar surface area (TPSA) is 424 Å². The number of aliphatic hydroxyl groups excluding tert-OH is 1. The second kappa shape index (κ2) is 30.8. The maximum atomic E-state index is 14.2. The number of carbonyl (C=O) groups is 11. The van der Waals surface area contributed by atoms with Crippen LogP contribution in [0.25, 0.3) is 0 Å².